The van der Waals surface area contributed by atoms with Crippen LogP contribution in [0.1, 0.15) is 6.92 Å². The number of aliphatic hydroxyl groups excluding tert-OH is 1. The first kappa shape index (κ1) is 11.4. The zero-order chi connectivity index (χ0) is 9.23. The lowest BCUT2D eigenvalue weighted by molar-refractivity contribution is 0.0858. The van der Waals surface area contributed by atoms with Crippen molar-refractivity contribution in [1.29, 1.82) is 0 Å². The van der Waals surface area contributed by atoms with E-state index in [4.69, 9.17) is 14.6 Å². The van der Waals surface area contributed by atoms with Gasteiger partial charge in [-0.1, -0.05) is 0 Å². The largest absolute Gasteiger partial charge is 0.394 e. The molecule has 0 aliphatic carbocycles. The summed E-state index contributed by atoms with van der Waals surface area (Å²) in [6.45, 7) is 3.42. The molecule has 0 aromatic rings. The van der Waals surface area contributed by atoms with Gasteiger partial charge in [0.15, 0.2) is 0 Å². The summed E-state index contributed by atoms with van der Waals surface area (Å²) >= 11 is 0. The van der Waals surface area contributed by atoms with Crippen LogP contribution in [-0.4, -0.2) is 38.8 Å². The van der Waals surface area contributed by atoms with Crippen molar-refractivity contribution in [3.05, 3.63) is 11.8 Å². The van der Waals surface area contributed by atoms with Crippen LogP contribution in [0.5, 0.6) is 0 Å². The van der Waals surface area contributed by atoms with Gasteiger partial charge in [-0.05, 0) is 18.7 Å². The van der Waals surface area contributed by atoms with Gasteiger partial charge in [0.1, 0.15) is 6.73 Å². The number of hydrogen-bond acceptors (Lipinski definition) is 4. The van der Waals surface area contributed by atoms with E-state index in [-0.39, 0.29) is 6.61 Å². The smallest absolute Gasteiger partial charge is 0.116 e. The Labute approximate surface area is 73.2 Å². The van der Waals surface area contributed by atoms with Crippen molar-refractivity contribution >= 4 is 0 Å². The van der Waals surface area contributed by atoms with Gasteiger partial charge in [0, 0.05) is 7.11 Å². The van der Waals surface area contributed by atoms with Crippen molar-refractivity contribution in [2.75, 3.05) is 33.7 Å². The SMILES string of the molecule is COC/C(C)=C\NCOCCO. The van der Waals surface area contributed by atoms with Gasteiger partial charge in [-0.15, -0.1) is 0 Å². The Morgan fingerprint density at radius 3 is 2.92 bits per heavy atom. The quantitative estimate of drug-likeness (QED) is 0.425. The van der Waals surface area contributed by atoms with Gasteiger partial charge in [-0.3, -0.25) is 0 Å². The van der Waals surface area contributed by atoms with Crippen molar-refractivity contribution in [2.45, 2.75) is 6.92 Å². The first-order valence-corrected chi connectivity index (χ1v) is 3.87. The normalized spacial score (nSPS) is 11.8. The Morgan fingerprint density at radius 1 is 1.58 bits per heavy atom. The number of rotatable bonds is 7. The molecule has 0 aliphatic rings. The van der Waals surface area contributed by atoms with E-state index in [0.29, 0.717) is 19.9 Å². The molecule has 4 heteroatoms. The summed E-state index contributed by atoms with van der Waals surface area (Å²) in [4.78, 5) is 0. The average Bonchev–Trinajstić information content (AvgIpc) is 2.05. The van der Waals surface area contributed by atoms with E-state index in [2.05, 4.69) is 5.32 Å². The number of ether oxygens (including phenoxy) is 2. The molecule has 72 valence electrons. The van der Waals surface area contributed by atoms with Gasteiger partial charge in [0.2, 0.25) is 0 Å². The Balaban J connectivity index is 3.21. The molecule has 0 amide bonds. The van der Waals surface area contributed by atoms with Crippen LogP contribution >= 0.6 is 0 Å². The minimum atomic E-state index is 0.0580. The Hall–Kier alpha value is -0.580. The first-order chi connectivity index (χ1) is 5.81. The molecule has 0 aromatic carbocycles. The molecule has 12 heavy (non-hydrogen) atoms. The van der Waals surface area contributed by atoms with Crippen LogP contribution in [0.15, 0.2) is 11.8 Å². The zero-order valence-corrected chi connectivity index (χ0v) is 7.67. The van der Waals surface area contributed by atoms with Crippen molar-refractivity contribution in [2.24, 2.45) is 0 Å². The van der Waals surface area contributed by atoms with Crippen LogP contribution < -0.4 is 5.32 Å². The molecule has 0 fully saturated rings. The molecule has 0 radical (unpaired) electrons. The molecule has 0 spiro atoms. The van der Waals surface area contributed by atoms with E-state index < -0.39 is 0 Å². The van der Waals surface area contributed by atoms with Crippen LogP contribution in [0.2, 0.25) is 0 Å². The maximum Gasteiger partial charge on any atom is 0.116 e. The van der Waals surface area contributed by atoms with Crippen molar-refractivity contribution in [3.8, 4) is 0 Å². The van der Waals surface area contributed by atoms with Crippen LogP contribution in [-0.2, 0) is 9.47 Å². The van der Waals surface area contributed by atoms with Crippen LogP contribution in [0.25, 0.3) is 0 Å². The summed E-state index contributed by atoms with van der Waals surface area (Å²) in [5.74, 6) is 0. The molecule has 0 saturated heterocycles. The summed E-state index contributed by atoms with van der Waals surface area (Å²) in [6, 6.07) is 0. The summed E-state index contributed by atoms with van der Waals surface area (Å²) in [5.41, 5.74) is 1.10. The Morgan fingerprint density at radius 2 is 2.33 bits per heavy atom. The van der Waals surface area contributed by atoms with Gasteiger partial charge in [0.05, 0.1) is 19.8 Å². The highest BCUT2D eigenvalue weighted by atomic mass is 16.5. The van der Waals surface area contributed by atoms with Crippen molar-refractivity contribution < 1.29 is 14.6 Å². The van der Waals surface area contributed by atoms with E-state index in [9.17, 15) is 0 Å². The molecule has 0 unspecified atom stereocenters. The molecule has 0 aliphatic heterocycles. The Bertz CT molecular complexity index is 125. The second-order valence-corrected chi connectivity index (χ2v) is 2.40. The highest BCUT2D eigenvalue weighted by Crippen LogP contribution is 1.88. The van der Waals surface area contributed by atoms with Gasteiger partial charge < -0.3 is 19.9 Å². The van der Waals surface area contributed by atoms with E-state index in [1.807, 2.05) is 13.1 Å². The molecule has 0 atom stereocenters. The fourth-order valence-corrected chi connectivity index (χ4v) is 0.681. The minimum absolute atomic E-state index is 0.0580. The van der Waals surface area contributed by atoms with Crippen LogP contribution in [0.3, 0.4) is 0 Å². The van der Waals surface area contributed by atoms with Gasteiger partial charge in [0.25, 0.3) is 0 Å². The van der Waals surface area contributed by atoms with E-state index in [0.717, 1.165) is 5.57 Å². The number of aliphatic hydroxyl groups is 1. The lowest BCUT2D eigenvalue weighted by atomic mass is 10.4. The third-order valence-electron chi connectivity index (χ3n) is 1.14. The predicted octanol–water partition coefficient (Wildman–Crippen LogP) is 0.0926. The first-order valence-electron chi connectivity index (χ1n) is 3.87. The fourth-order valence-electron chi connectivity index (χ4n) is 0.681. The summed E-state index contributed by atoms with van der Waals surface area (Å²) in [7, 11) is 1.65. The number of nitrogens with one attached hydrogen (secondary N) is 1. The highest BCUT2D eigenvalue weighted by Gasteiger charge is 1.86. The van der Waals surface area contributed by atoms with Gasteiger partial charge in [-0.25, -0.2) is 0 Å². The lowest BCUT2D eigenvalue weighted by Crippen LogP contribution is -2.14. The van der Waals surface area contributed by atoms with Crippen molar-refractivity contribution in [3.63, 3.8) is 0 Å². The van der Waals surface area contributed by atoms with Gasteiger partial charge >= 0.3 is 0 Å². The van der Waals surface area contributed by atoms with E-state index >= 15 is 0 Å². The molecule has 0 heterocycles. The average molecular weight is 175 g/mol. The van der Waals surface area contributed by atoms with E-state index in [1.54, 1.807) is 7.11 Å². The Kier molecular flexibility index (Phi) is 8.10. The highest BCUT2D eigenvalue weighted by molar-refractivity contribution is 4.95. The molecular weight excluding hydrogens is 158 g/mol. The molecule has 0 aromatic heterocycles. The minimum Gasteiger partial charge on any atom is -0.394 e. The third-order valence-corrected chi connectivity index (χ3v) is 1.14. The molecule has 2 N–H and O–H groups in total. The molecule has 4 nitrogen and oxygen atoms in total. The van der Waals surface area contributed by atoms with Crippen molar-refractivity contribution in [1.82, 2.24) is 5.32 Å². The topological polar surface area (TPSA) is 50.7 Å². The zero-order valence-electron chi connectivity index (χ0n) is 7.67. The number of hydrogen-bond donors (Lipinski definition) is 2. The lowest BCUT2D eigenvalue weighted by Gasteiger charge is -2.03. The van der Waals surface area contributed by atoms with Crippen LogP contribution in [0, 0.1) is 0 Å². The second kappa shape index (κ2) is 8.52. The molecule has 0 bridgehead atoms. The standard InChI is InChI=1S/C8H17NO3/c1-8(6-11-2)5-9-7-12-4-3-10/h5,9-10H,3-4,6-7H2,1-2H3/b8-5-. The van der Waals surface area contributed by atoms with Crippen LogP contribution in [0.4, 0.5) is 0 Å². The molecular formula is C8H17NO3. The predicted molar refractivity (Wildman–Crippen MR) is 46.7 cm³/mol. The molecule has 0 rings (SSSR count). The molecule has 0 saturated carbocycles. The fraction of sp³-hybridized carbons (Fsp3) is 0.750. The summed E-state index contributed by atoms with van der Waals surface area (Å²) in [5, 5.41) is 11.3. The van der Waals surface area contributed by atoms with Gasteiger partial charge in [-0.2, -0.15) is 0 Å². The maximum atomic E-state index is 8.37. The third kappa shape index (κ3) is 7.53. The summed E-state index contributed by atoms with van der Waals surface area (Å²) < 4.78 is 9.86. The monoisotopic (exact) mass is 175 g/mol. The number of methoxy groups -OCH3 is 1. The van der Waals surface area contributed by atoms with E-state index in [1.165, 1.54) is 0 Å². The second-order valence-electron chi connectivity index (χ2n) is 2.40. The summed E-state index contributed by atoms with van der Waals surface area (Å²) in [6.07, 6.45) is 1.83. The maximum absolute atomic E-state index is 8.37.